The molecule has 4 aliphatic rings. The molecular formula is C56H90F4O8P2. The molecule has 0 amide bonds. The molecule has 8 nitrogen and oxygen atoms in total. The molecule has 4 fully saturated rings. The van der Waals surface area contributed by atoms with Crippen molar-refractivity contribution in [3.63, 3.8) is 0 Å². The minimum Gasteiger partial charge on any atom is -0.490 e. The van der Waals surface area contributed by atoms with Crippen LogP contribution in [-0.4, -0.2) is 48.5 Å². The van der Waals surface area contributed by atoms with Gasteiger partial charge in [0, 0.05) is 0 Å². The van der Waals surface area contributed by atoms with Gasteiger partial charge in [0.05, 0.1) is 38.8 Å². The molecular weight excluding hydrogens is 939 g/mol. The van der Waals surface area contributed by atoms with Crippen molar-refractivity contribution in [2.24, 2.45) is 35.5 Å². The zero-order valence-electron chi connectivity index (χ0n) is 43.3. The summed E-state index contributed by atoms with van der Waals surface area (Å²) >= 11 is 0. The van der Waals surface area contributed by atoms with Gasteiger partial charge in [0.15, 0.2) is 23.1 Å². The van der Waals surface area contributed by atoms with Crippen LogP contribution < -0.4 is 9.47 Å². The summed E-state index contributed by atoms with van der Waals surface area (Å²) in [6.07, 6.45) is 30.1. The Morgan fingerprint density at radius 3 is 1.17 bits per heavy atom. The van der Waals surface area contributed by atoms with Crippen LogP contribution in [0.25, 0.3) is 0 Å². The largest absolute Gasteiger partial charge is 0.490 e. The molecule has 0 unspecified atom stereocenters. The van der Waals surface area contributed by atoms with E-state index in [-0.39, 0.29) is 55.3 Å². The fourth-order valence-electron chi connectivity index (χ4n) is 12.5. The van der Waals surface area contributed by atoms with E-state index < -0.39 is 38.5 Å². The summed E-state index contributed by atoms with van der Waals surface area (Å²) in [5.74, 6) is 1.26. The first-order valence-corrected chi connectivity index (χ1v) is 31.3. The maximum atomic E-state index is 15.0. The second-order valence-electron chi connectivity index (χ2n) is 21.3. The highest BCUT2D eigenvalue weighted by atomic mass is 31.2. The lowest BCUT2D eigenvalue weighted by atomic mass is 9.68. The molecule has 0 aliphatic heterocycles. The van der Waals surface area contributed by atoms with Crippen LogP contribution in [0.5, 0.6) is 11.5 Å². The minimum atomic E-state index is -4.11. The van der Waals surface area contributed by atoms with Gasteiger partial charge in [0.2, 0.25) is 11.6 Å². The Bertz CT molecular complexity index is 1890. The third-order valence-electron chi connectivity index (χ3n) is 16.5. The van der Waals surface area contributed by atoms with E-state index in [4.69, 9.17) is 28.3 Å². The number of halogens is 4. The van der Waals surface area contributed by atoms with Crippen molar-refractivity contribution in [1.82, 2.24) is 0 Å². The van der Waals surface area contributed by atoms with Crippen LogP contribution in [0.1, 0.15) is 218 Å². The smallest absolute Gasteiger partial charge is 0.330 e. The van der Waals surface area contributed by atoms with E-state index in [2.05, 4.69) is 13.8 Å². The van der Waals surface area contributed by atoms with Crippen molar-refractivity contribution < 1.29 is 55.0 Å². The Morgan fingerprint density at radius 1 is 0.471 bits per heavy atom. The van der Waals surface area contributed by atoms with Crippen LogP contribution in [0, 0.1) is 58.8 Å². The lowest BCUT2D eigenvalue weighted by molar-refractivity contribution is 0.155. The normalized spacial score (nSPS) is 25.5. The van der Waals surface area contributed by atoms with Gasteiger partial charge in [-0.05, 0) is 174 Å². The fraction of sp³-hybridized carbons (Fsp3) is 0.786. The van der Waals surface area contributed by atoms with Gasteiger partial charge in [-0.1, -0.05) is 103 Å². The number of ether oxygens (including phenoxy) is 2. The summed E-state index contributed by atoms with van der Waals surface area (Å²) in [6.45, 7) is 8.69. The van der Waals surface area contributed by atoms with Crippen molar-refractivity contribution in [3.05, 3.63) is 58.7 Å². The van der Waals surface area contributed by atoms with Crippen LogP contribution in [0.15, 0.2) is 24.3 Å². The lowest BCUT2D eigenvalue weighted by Crippen LogP contribution is -2.25. The molecule has 0 radical (unpaired) electrons. The summed E-state index contributed by atoms with van der Waals surface area (Å²) in [7, 11) is -7.27. The zero-order chi connectivity index (χ0) is 50.5. The molecule has 0 aromatic heterocycles. The van der Waals surface area contributed by atoms with E-state index in [0.29, 0.717) is 30.8 Å². The number of rotatable bonds is 26. The second kappa shape index (κ2) is 30.4. The minimum absolute atomic E-state index is 0.0461. The Morgan fingerprint density at radius 2 is 0.829 bits per heavy atom. The lowest BCUT2D eigenvalue weighted by Gasteiger charge is -2.38. The predicted octanol–water partition coefficient (Wildman–Crippen LogP) is 17.2. The van der Waals surface area contributed by atoms with E-state index in [1.165, 1.54) is 109 Å². The van der Waals surface area contributed by atoms with Gasteiger partial charge in [0.25, 0.3) is 0 Å². The molecule has 2 N–H and O–H groups in total. The third kappa shape index (κ3) is 18.8. The first-order valence-electron chi connectivity index (χ1n) is 27.8. The monoisotopic (exact) mass is 1030 g/mol. The Kier molecular flexibility index (Phi) is 25.6. The maximum Gasteiger partial charge on any atom is 0.330 e. The first kappa shape index (κ1) is 58.9. The first-order chi connectivity index (χ1) is 33.7. The zero-order valence-corrected chi connectivity index (χ0v) is 45.1. The van der Waals surface area contributed by atoms with Crippen LogP contribution in [-0.2, 0) is 18.2 Å². The number of unbranched alkanes of at least 4 members (excludes halogenated alkanes) is 4. The number of hydrogen-bond donors (Lipinski definition) is 2. The van der Waals surface area contributed by atoms with Crippen LogP contribution in [0.4, 0.5) is 17.6 Å². The average Bonchev–Trinajstić information content (AvgIpc) is 3.35. The summed E-state index contributed by atoms with van der Waals surface area (Å²) in [4.78, 5) is 17.7. The van der Waals surface area contributed by atoms with E-state index in [1.54, 1.807) is 32.0 Å². The Balaban J connectivity index is 0.000000262. The fourth-order valence-corrected chi connectivity index (χ4v) is 14.6. The van der Waals surface area contributed by atoms with Crippen molar-refractivity contribution in [3.8, 4) is 11.5 Å². The SMILES string of the molecule is CCCCCC1CCC(C2CCC(c3ccc(OCCCP(=O)(O)O)c(F)c3F)CC2)CC1.CCCCCC1CCC(C2CCC(c3ccc(OCCCP(=O)(OCC)OCC)c(F)c3F)CC2)CC1. The standard InChI is InChI=1S/C30H49F2O4P.C26H41F2O4P/c1-4-7-8-10-23-11-13-24(14-12-23)25-15-17-26(18-16-25)27-19-20-28(30(32)29(27)31)34-21-9-22-37(33,35-5-2)36-6-3;1-2-3-4-6-19-7-9-20(10-8-19)21-11-13-22(14-12-21)23-15-16-24(26(28)25(23)27)32-17-5-18-33(29,30)31/h19-20,23-26H,4-18,21-22H2,1-3H3;15-16,19-22H,2-14,17-18H2,1H3,(H2,29,30,31). The molecule has 400 valence electrons. The predicted molar refractivity (Wildman–Crippen MR) is 274 cm³/mol. The molecule has 0 spiro atoms. The maximum absolute atomic E-state index is 15.0. The van der Waals surface area contributed by atoms with E-state index in [0.717, 1.165) is 86.9 Å². The molecule has 0 heterocycles. The van der Waals surface area contributed by atoms with Gasteiger partial charge < -0.3 is 28.3 Å². The molecule has 0 atom stereocenters. The molecule has 0 saturated heterocycles. The van der Waals surface area contributed by atoms with Crippen molar-refractivity contribution in [2.45, 2.75) is 206 Å². The van der Waals surface area contributed by atoms with E-state index in [1.807, 2.05) is 0 Å². The quantitative estimate of drug-likeness (QED) is 0.0544. The second-order valence-corrected chi connectivity index (χ2v) is 25.3. The third-order valence-corrected chi connectivity index (χ3v) is 19.5. The number of benzene rings is 2. The van der Waals surface area contributed by atoms with Crippen molar-refractivity contribution in [1.29, 1.82) is 0 Å². The van der Waals surface area contributed by atoms with E-state index >= 15 is 4.39 Å². The molecule has 2 aromatic carbocycles. The summed E-state index contributed by atoms with van der Waals surface area (Å²) < 4.78 is 104. The van der Waals surface area contributed by atoms with Crippen LogP contribution in [0.3, 0.4) is 0 Å². The molecule has 2 aromatic rings. The molecule has 14 heteroatoms. The highest BCUT2D eigenvalue weighted by Crippen LogP contribution is 2.50. The van der Waals surface area contributed by atoms with Crippen LogP contribution >= 0.6 is 15.2 Å². The highest BCUT2D eigenvalue weighted by molar-refractivity contribution is 7.53. The van der Waals surface area contributed by atoms with Crippen molar-refractivity contribution >= 4 is 15.2 Å². The van der Waals surface area contributed by atoms with Crippen LogP contribution in [0.2, 0.25) is 0 Å². The Hall–Kier alpha value is -1.94. The summed E-state index contributed by atoms with van der Waals surface area (Å²) in [5.41, 5.74) is 0.924. The highest BCUT2D eigenvalue weighted by Gasteiger charge is 2.35. The Labute approximate surface area is 419 Å². The number of hydrogen-bond acceptors (Lipinski definition) is 6. The van der Waals surface area contributed by atoms with Gasteiger partial charge >= 0.3 is 15.2 Å². The van der Waals surface area contributed by atoms with E-state index in [9.17, 15) is 22.3 Å². The molecule has 0 bridgehead atoms. The van der Waals surface area contributed by atoms with Crippen molar-refractivity contribution in [2.75, 3.05) is 38.8 Å². The summed E-state index contributed by atoms with van der Waals surface area (Å²) in [5, 5.41) is 0. The van der Waals surface area contributed by atoms with Gasteiger partial charge in [-0.25, -0.2) is 8.78 Å². The average molecular weight is 1030 g/mol. The molecule has 4 aliphatic carbocycles. The topological polar surface area (TPSA) is 112 Å². The van der Waals surface area contributed by atoms with Gasteiger partial charge in [-0.15, -0.1) is 0 Å². The molecule has 6 rings (SSSR count). The van der Waals surface area contributed by atoms with Gasteiger partial charge in [-0.3, -0.25) is 9.13 Å². The van der Waals surface area contributed by atoms with Gasteiger partial charge in [-0.2, -0.15) is 8.78 Å². The van der Waals surface area contributed by atoms with Gasteiger partial charge in [0.1, 0.15) is 0 Å². The summed E-state index contributed by atoms with van der Waals surface area (Å²) in [6, 6.07) is 6.33. The molecule has 4 saturated carbocycles. The molecule has 70 heavy (non-hydrogen) atoms.